The molecule has 2 N–H and O–H groups in total. The van der Waals surface area contributed by atoms with E-state index in [2.05, 4.69) is 0 Å². The van der Waals surface area contributed by atoms with E-state index >= 15 is 0 Å². The Morgan fingerprint density at radius 1 is 1.27 bits per heavy atom. The van der Waals surface area contributed by atoms with Crippen molar-refractivity contribution in [3.63, 3.8) is 0 Å². The lowest BCUT2D eigenvalue weighted by Crippen LogP contribution is -2.37. The fourth-order valence-electron chi connectivity index (χ4n) is 2.90. The van der Waals surface area contributed by atoms with Crippen LogP contribution in [-0.4, -0.2) is 43.4 Å². The van der Waals surface area contributed by atoms with Crippen LogP contribution in [0.1, 0.15) is 24.2 Å². The van der Waals surface area contributed by atoms with Gasteiger partial charge < -0.3 is 24.7 Å². The highest BCUT2D eigenvalue weighted by Gasteiger charge is 2.54. The summed E-state index contributed by atoms with van der Waals surface area (Å²) in [7, 11) is 0. The lowest BCUT2D eigenvalue weighted by atomic mass is 9.99. The van der Waals surface area contributed by atoms with Crippen LogP contribution in [0.5, 0.6) is 0 Å². The summed E-state index contributed by atoms with van der Waals surface area (Å²) in [6, 6.07) is 8.85. The van der Waals surface area contributed by atoms with Crippen molar-refractivity contribution in [2.45, 2.75) is 38.1 Å². The van der Waals surface area contributed by atoms with Crippen LogP contribution in [0.15, 0.2) is 30.3 Å². The van der Waals surface area contributed by atoms with Crippen LogP contribution in [0.4, 0.5) is 0 Å². The number of carbonyl (C=O) groups excluding carboxylic acids is 1. The van der Waals surface area contributed by atoms with Gasteiger partial charge in [0.2, 0.25) is 0 Å². The van der Waals surface area contributed by atoms with E-state index in [9.17, 15) is 4.79 Å². The Morgan fingerprint density at radius 3 is 2.68 bits per heavy atom. The molecule has 2 heterocycles. The molecule has 0 spiro atoms. The van der Waals surface area contributed by atoms with Crippen LogP contribution in [0.25, 0.3) is 0 Å². The van der Waals surface area contributed by atoms with Crippen molar-refractivity contribution in [2.75, 3.05) is 13.2 Å². The second kappa shape index (κ2) is 5.96. The van der Waals surface area contributed by atoms with Crippen LogP contribution in [0, 0.1) is 5.92 Å². The van der Waals surface area contributed by atoms with Gasteiger partial charge in [-0.3, -0.25) is 0 Å². The molecule has 0 aromatic heterocycles. The van der Waals surface area contributed by atoms with E-state index in [0.717, 1.165) is 0 Å². The summed E-state index contributed by atoms with van der Waals surface area (Å²) in [5.41, 5.74) is 6.34. The van der Waals surface area contributed by atoms with Crippen molar-refractivity contribution in [2.24, 2.45) is 11.7 Å². The first-order valence-corrected chi connectivity index (χ1v) is 7.43. The molecule has 2 aliphatic rings. The molecule has 3 rings (SSSR count). The van der Waals surface area contributed by atoms with Gasteiger partial charge in [0.1, 0.15) is 18.8 Å². The summed E-state index contributed by atoms with van der Waals surface area (Å²) >= 11 is 0. The maximum atomic E-state index is 12.0. The minimum atomic E-state index is -0.672. The van der Waals surface area contributed by atoms with E-state index in [4.69, 9.17) is 24.7 Å². The molecular weight excluding hydrogens is 286 g/mol. The lowest BCUT2D eigenvalue weighted by molar-refractivity contribution is -0.213. The molecule has 1 aromatic carbocycles. The fourth-order valence-corrected chi connectivity index (χ4v) is 2.90. The quantitative estimate of drug-likeness (QED) is 0.845. The molecule has 1 aromatic rings. The molecular formula is C16H21NO5. The van der Waals surface area contributed by atoms with Gasteiger partial charge in [-0.15, -0.1) is 0 Å². The number of carbonyl (C=O) groups is 1. The number of nitrogens with two attached hydrogens (primary N) is 1. The zero-order valence-corrected chi connectivity index (χ0v) is 12.7. The van der Waals surface area contributed by atoms with Gasteiger partial charge in [0.15, 0.2) is 12.1 Å². The maximum Gasteiger partial charge on any atom is 0.338 e. The highest BCUT2D eigenvalue weighted by molar-refractivity contribution is 5.89. The summed E-state index contributed by atoms with van der Waals surface area (Å²) in [4.78, 5) is 12.0. The van der Waals surface area contributed by atoms with Crippen molar-refractivity contribution in [1.29, 1.82) is 0 Å². The van der Waals surface area contributed by atoms with Gasteiger partial charge in [-0.05, 0) is 26.0 Å². The summed E-state index contributed by atoms with van der Waals surface area (Å²) in [6.07, 6.45) is -0.992. The predicted octanol–water partition coefficient (Wildman–Crippen LogP) is 1.29. The lowest BCUT2D eigenvalue weighted by Gasteiger charge is -2.24. The average molecular weight is 307 g/mol. The van der Waals surface area contributed by atoms with Crippen LogP contribution >= 0.6 is 0 Å². The minimum absolute atomic E-state index is 0.0599. The Labute approximate surface area is 129 Å². The van der Waals surface area contributed by atoms with Gasteiger partial charge in [-0.1, -0.05) is 18.2 Å². The van der Waals surface area contributed by atoms with Crippen LogP contribution in [0.2, 0.25) is 0 Å². The summed E-state index contributed by atoms with van der Waals surface area (Å²) < 4.78 is 22.7. The Kier molecular flexibility index (Phi) is 4.18. The molecule has 0 bridgehead atoms. The van der Waals surface area contributed by atoms with Gasteiger partial charge in [0.05, 0.1) is 5.56 Å². The molecule has 0 amide bonds. The Hall–Kier alpha value is -1.47. The number of rotatable bonds is 4. The monoisotopic (exact) mass is 307 g/mol. The van der Waals surface area contributed by atoms with E-state index in [1.165, 1.54) is 0 Å². The Bertz CT molecular complexity index is 533. The molecule has 2 fully saturated rings. The van der Waals surface area contributed by atoms with E-state index in [1.807, 2.05) is 19.9 Å². The zero-order chi connectivity index (χ0) is 15.7. The van der Waals surface area contributed by atoms with Crippen LogP contribution in [0.3, 0.4) is 0 Å². The topological polar surface area (TPSA) is 80.0 Å². The maximum absolute atomic E-state index is 12.0. The molecule has 6 heteroatoms. The fraction of sp³-hybridized carbons (Fsp3) is 0.562. The van der Waals surface area contributed by atoms with Crippen LogP contribution in [-0.2, 0) is 18.9 Å². The second-order valence-electron chi connectivity index (χ2n) is 6.01. The molecule has 2 saturated heterocycles. The molecule has 22 heavy (non-hydrogen) atoms. The molecule has 120 valence electrons. The number of benzene rings is 1. The van der Waals surface area contributed by atoms with E-state index < -0.39 is 12.1 Å². The van der Waals surface area contributed by atoms with E-state index in [1.54, 1.807) is 24.3 Å². The normalized spacial score (nSPS) is 32.7. The van der Waals surface area contributed by atoms with Gasteiger partial charge in [0, 0.05) is 12.5 Å². The largest absolute Gasteiger partial charge is 0.459 e. The second-order valence-corrected chi connectivity index (χ2v) is 6.01. The standard InChI is InChI=1S/C16H21NO5/c1-16(2)21-13-11(8-17)12(20-15(13)22-16)9-19-14(18)10-6-4-3-5-7-10/h3-7,11-13,15H,8-9,17H2,1-2H3/t11-,12-,13-,15-/m1/s1. The molecule has 6 nitrogen and oxygen atoms in total. The van der Waals surface area contributed by atoms with Gasteiger partial charge in [-0.2, -0.15) is 0 Å². The van der Waals surface area contributed by atoms with E-state index in [-0.39, 0.29) is 30.7 Å². The van der Waals surface area contributed by atoms with Gasteiger partial charge in [-0.25, -0.2) is 4.79 Å². The Morgan fingerprint density at radius 2 is 2.00 bits per heavy atom. The van der Waals surface area contributed by atoms with Gasteiger partial charge >= 0.3 is 5.97 Å². The SMILES string of the molecule is CC1(C)O[C@H]2O[C@H](COC(=O)c3ccccc3)[C@@H](CN)[C@H]2O1. The molecule has 4 atom stereocenters. The Balaban J connectivity index is 1.59. The minimum Gasteiger partial charge on any atom is -0.459 e. The van der Waals surface area contributed by atoms with Crippen LogP contribution < -0.4 is 5.73 Å². The molecule has 0 aliphatic carbocycles. The number of hydrogen-bond donors (Lipinski definition) is 1. The van der Waals surface area contributed by atoms with Crippen molar-refractivity contribution < 1.29 is 23.7 Å². The number of fused-ring (bicyclic) bond motifs is 1. The molecule has 0 unspecified atom stereocenters. The summed E-state index contributed by atoms with van der Waals surface area (Å²) in [5, 5.41) is 0. The van der Waals surface area contributed by atoms with Crippen molar-refractivity contribution in [3.8, 4) is 0 Å². The number of ether oxygens (including phenoxy) is 4. The van der Waals surface area contributed by atoms with Crippen molar-refractivity contribution in [3.05, 3.63) is 35.9 Å². The predicted molar refractivity (Wildman–Crippen MR) is 78.0 cm³/mol. The smallest absolute Gasteiger partial charge is 0.338 e. The summed E-state index contributed by atoms with van der Waals surface area (Å²) in [6.45, 7) is 4.20. The van der Waals surface area contributed by atoms with Crippen molar-refractivity contribution >= 4 is 5.97 Å². The average Bonchev–Trinajstić information content (AvgIpc) is 2.96. The third-order valence-electron chi connectivity index (χ3n) is 3.96. The van der Waals surface area contributed by atoms with E-state index in [0.29, 0.717) is 12.1 Å². The van der Waals surface area contributed by atoms with Gasteiger partial charge in [0.25, 0.3) is 0 Å². The third-order valence-corrected chi connectivity index (χ3v) is 3.96. The first-order valence-electron chi connectivity index (χ1n) is 7.43. The number of hydrogen-bond acceptors (Lipinski definition) is 6. The molecule has 0 saturated carbocycles. The number of esters is 1. The molecule has 2 aliphatic heterocycles. The van der Waals surface area contributed by atoms with Crippen molar-refractivity contribution in [1.82, 2.24) is 0 Å². The first kappa shape index (κ1) is 15.4. The highest BCUT2D eigenvalue weighted by Crippen LogP contribution is 2.40. The highest BCUT2D eigenvalue weighted by atomic mass is 16.8. The molecule has 0 radical (unpaired) electrons. The third kappa shape index (κ3) is 3.01. The summed E-state index contributed by atoms with van der Waals surface area (Å²) in [5.74, 6) is -1.11. The first-order chi connectivity index (χ1) is 10.5. The zero-order valence-electron chi connectivity index (χ0n) is 12.7.